The summed E-state index contributed by atoms with van der Waals surface area (Å²) < 4.78 is 5.29. The molecule has 3 fully saturated rings. The zero-order chi connectivity index (χ0) is 25.7. The normalized spacial score (nSPS) is 44.8. The van der Waals surface area contributed by atoms with Crippen molar-refractivity contribution in [1.29, 1.82) is 0 Å². The zero-order valence-corrected chi connectivity index (χ0v) is 22.1. The highest BCUT2D eigenvalue weighted by molar-refractivity contribution is 6.08. The molecule has 3 saturated carbocycles. The Balaban J connectivity index is 1.63. The van der Waals surface area contributed by atoms with Crippen LogP contribution >= 0.6 is 0 Å². The van der Waals surface area contributed by atoms with Crippen molar-refractivity contribution in [2.45, 2.75) is 86.7 Å². The second-order valence-electron chi connectivity index (χ2n) is 12.7. The van der Waals surface area contributed by atoms with E-state index in [4.69, 9.17) is 4.74 Å². The number of aliphatic hydroxyl groups is 1. The predicted octanol–water partition coefficient (Wildman–Crippen LogP) is 5.40. The summed E-state index contributed by atoms with van der Waals surface area (Å²) in [5.74, 6) is -0.498. The van der Waals surface area contributed by atoms with E-state index in [0.29, 0.717) is 0 Å². The van der Waals surface area contributed by atoms with Crippen LogP contribution in [0.3, 0.4) is 0 Å². The Labute approximate surface area is 208 Å². The SMILES string of the molecule is CC(=O)OC1=C(C)C2=CC=C3C(C)(CCC4(C)C5CC(C)C(=O)C(O)C5(C)CCC34C)C2=CC1=O. The van der Waals surface area contributed by atoms with Gasteiger partial charge in [-0.2, -0.15) is 0 Å². The van der Waals surface area contributed by atoms with Crippen LogP contribution in [0.2, 0.25) is 0 Å². The number of rotatable bonds is 1. The minimum atomic E-state index is -0.899. The first-order valence-electron chi connectivity index (χ1n) is 13.0. The molecule has 5 rings (SSSR count). The first-order valence-corrected chi connectivity index (χ1v) is 13.0. The molecule has 0 aromatic rings. The molecule has 5 aliphatic rings. The highest BCUT2D eigenvalue weighted by Crippen LogP contribution is 2.74. The van der Waals surface area contributed by atoms with Gasteiger partial charge in [-0.25, -0.2) is 0 Å². The fraction of sp³-hybridized carbons (Fsp3) is 0.633. The standard InChI is InChI=1S/C30H38O5/c1-16-14-23-28(5,26(34)24(16)33)11-13-29(6)22-9-8-19-17(2)25(35-18(3)31)21(32)15-20(19)27(22,4)10-12-30(23,29)7/h8-9,15-16,23,26,34H,10-14H2,1-7H3. The van der Waals surface area contributed by atoms with Crippen molar-refractivity contribution in [1.82, 2.24) is 0 Å². The topological polar surface area (TPSA) is 80.7 Å². The van der Waals surface area contributed by atoms with Gasteiger partial charge in [-0.1, -0.05) is 52.3 Å². The molecule has 5 nitrogen and oxygen atoms in total. The van der Waals surface area contributed by atoms with E-state index in [1.165, 1.54) is 12.5 Å². The van der Waals surface area contributed by atoms with Crippen LogP contribution in [0.5, 0.6) is 0 Å². The summed E-state index contributed by atoms with van der Waals surface area (Å²) in [4.78, 5) is 37.4. The third kappa shape index (κ3) is 2.94. The lowest BCUT2D eigenvalue weighted by Gasteiger charge is -2.69. The molecular formula is C30H38O5. The van der Waals surface area contributed by atoms with Crippen molar-refractivity contribution in [2.75, 3.05) is 0 Å². The van der Waals surface area contributed by atoms with E-state index in [-0.39, 0.29) is 45.4 Å². The number of allylic oxidation sites excluding steroid dienone is 7. The van der Waals surface area contributed by atoms with Crippen molar-refractivity contribution in [3.63, 3.8) is 0 Å². The molecule has 0 aliphatic heterocycles. The van der Waals surface area contributed by atoms with Crippen LogP contribution in [0, 0.1) is 33.5 Å². The Kier molecular flexibility index (Phi) is 5.15. The first kappa shape index (κ1) is 24.4. The molecule has 0 aromatic carbocycles. The number of ether oxygens (including phenoxy) is 1. The molecule has 35 heavy (non-hydrogen) atoms. The molecule has 1 N–H and O–H groups in total. The number of aliphatic hydroxyl groups excluding tert-OH is 1. The minimum Gasteiger partial charge on any atom is -0.422 e. The minimum absolute atomic E-state index is 0.00206. The van der Waals surface area contributed by atoms with Gasteiger partial charge in [-0.15, -0.1) is 0 Å². The lowest BCUT2D eigenvalue weighted by Crippen LogP contribution is -2.65. The second kappa shape index (κ2) is 7.38. The Bertz CT molecular complexity index is 1180. The summed E-state index contributed by atoms with van der Waals surface area (Å²) in [6.45, 7) is 14.3. The zero-order valence-electron chi connectivity index (χ0n) is 22.1. The maximum atomic E-state index is 13.1. The van der Waals surface area contributed by atoms with Crippen LogP contribution in [0.4, 0.5) is 0 Å². The van der Waals surface area contributed by atoms with Crippen LogP contribution in [0.15, 0.2) is 46.3 Å². The molecule has 0 bridgehead atoms. The van der Waals surface area contributed by atoms with Crippen LogP contribution < -0.4 is 0 Å². The fourth-order valence-corrected chi connectivity index (χ4v) is 8.70. The van der Waals surface area contributed by atoms with Crippen molar-refractivity contribution in [2.24, 2.45) is 33.5 Å². The monoisotopic (exact) mass is 478 g/mol. The molecule has 188 valence electrons. The smallest absolute Gasteiger partial charge is 0.308 e. The Morgan fingerprint density at radius 1 is 1.06 bits per heavy atom. The Morgan fingerprint density at radius 2 is 1.74 bits per heavy atom. The third-order valence-electron chi connectivity index (χ3n) is 11.1. The van der Waals surface area contributed by atoms with Gasteiger partial charge in [0.15, 0.2) is 11.5 Å². The highest BCUT2D eigenvalue weighted by Gasteiger charge is 2.68. The van der Waals surface area contributed by atoms with E-state index in [9.17, 15) is 19.5 Å². The molecule has 0 saturated heterocycles. The van der Waals surface area contributed by atoms with Gasteiger partial charge in [0.25, 0.3) is 0 Å². The average Bonchev–Trinajstić information content (AvgIpc) is 2.79. The fourth-order valence-electron chi connectivity index (χ4n) is 8.70. The van der Waals surface area contributed by atoms with Gasteiger partial charge in [-0.05, 0) is 73.0 Å². The predicted molar refractivity (Wildman–Crippen MR) is 133 cm³/mol. The second-order valence-corrected chi connectivity index (χ2v) is 12.7. The van der Waals surface area contributed by atoms with E-state index < -0.39 is 17.5 Å². The molecule has 0 aromatic heterocycles. The summed E-state index contributed by atoms with van der Waals surface area (Å²) in [6.07, 6.45) is 9.52. The number of hydrogen-bond acceptors (Lipinski definition) is 5. The summed E-state index contributed by atoms with van der Waals surface area (Å²) in [7, 11) is 0. The van der Waals surface area contributed by atoms with Crippen LogP contribution in [-0.4, -0.2) is 28.7 Å². The third-order valence-corrected chi connectivity index (χ3v) is 11.1. The molecule has 7 unspecified atom stereocenters. The number of ketones is 2. The summed E-state index contributed by atoms with van der Waals surface area (Å²) in [6, 6.07) is 0. The van der Waals surface area contributed by atoms with Crippen molar-refractivity contribution < 1.29 is 24.2 Å². The van der Waals surface area contributed by atoms with Crippen LogP contribution in [0.25, 0.3) is 0 Å². The summed E-state index contributed by atoms with van der Waals surface area (Å²) >= 11 is 0. The molecule has 5 heteroatoms. The Morgan fingerprint density at radius 3 is 2.40 bits per heavy atom. The molecule has 0 heterocycles. The summed E-state index contributed by atoms with van der Waals surface area (Å²) in [5.41, 5.74) is 3.19. The van der Waals surface area contributed by atoms with Crippen molar-refractivity contribution >= 4 is 17.5 Å². The lowest BCUT2D eigenvalue weighted by molar-refractivity contribution is -0.192. The number of hydrogen-bond donors (Lipinski definition) is 1. The van der Waals surface area contributed by atoms with Crippen molar-refractivity contribution in [3.05, 3.63) is 46.3 Å². The Hall–Kier alpha value is -2.27. The number of carbonyl (C=O) groups excluding carboxylic acids is 3. The molecule has 0 amide bonds. The van der Waals surface area contributed by atoms with Gasteiger partial charge in [0.05, 0.1) is 0 Å². The maximum absolute atomic E-state index is 13.1. The van der Waals surface area contributed by atoms with Gasteiger partial charge >= 0.3 is 5.97 Å². The molecule has 5 aliphatic carbocycles. The maximum Gasteiger partial charge on any atom is 0.308 e. The number of carbonyl (C=O) groups is 3. The van der Waals surface area contributed by atoms with Gasteiger partial charge in [-0.3, -0.25) is 14.4 Å². The van der Waals surface area contributed by atoms with E-state index in [0.717, 1.165) is 48.8 Å². The van der Waals surface area contributed by atoms with E-state index >= 15 is 0 Å². The highest BCUT2D eigenvalue weighted by atomic mass is 16.5. The van der Waals surface area contributed by atoms with Crippen LogP contribution in [0.1, 0.15) is 80.6 Å². The van der Waals surface area contributed by atoms with Gasteiger partial charge in [0.1, 0.15) is 6.10 Å². The van der Waals surface area contributed by atoms with Gasteiger partial charge in [0.2, 0.25) is 5.78 Å². The van der Waals surface area contributed by atoms with E-state index in [1.54, 1.807) is 6.08 Å². The number of Topliss-reactive ketones (excluding diaryl/α,β-unsaturated/α-hetero) is 1. The number of esters is 1. The lowest BCUT2D eigenvalue weighted by atomic mass is 9.35. The van der Waals surface area contributed by atoms with E-state index in [2.05, 4.69) is 39.8 Å². The molecule has 7 atom stereocenters. The molecule has 0 spiro atoms. The van der Waals surface area contributed by atoms with Crippen LogP contribution in [-0.2, 0) is 19.1 Å². The largest absolute Gasteiger partial charge is 0.422 e. The van der Waals surface area contributed by atoms with Gasteiger partial charge in [0, 0.05) is 29.2 Å². The summed E-state index contributed by atoms with van der Waals surface area (Å²) in [5, 5.41) is 11.1. The average molecular weight is 479 g/mol. The van der Waals surface area contributed by atoms with Crippen molar-refractivity contribution in [3.8, 4) is 0 Å². The quantitative estimate of drug-likeness (QED) is 0.511. The first-order chi connectivity index (χ1) is 16.2. The molecular weight excluding hydrogens is 440 g/mol. The van der Waals surface area contributed by atoms with E-state index in [1.807, 2.05) is 13.8 Å². The number of fused-ring (bicyclic) bond motifs is 7. The molecule has 0 radical (unpaired) electrons. The van der Waals surface area contributed by atoms with Gasteiger partial charge < -0.3 is 9.84 Å².